The molecule has 0 spiro atoms. The highest BCUT2D eigenvalue weighted by molar-refractivity contribution is 7.22. The average molecular weight is 507 g/mol. The van der Waals surface area contributed by atoms with Crippen LogP contribution < -0.4 is 14.4 Å². The van der Waals surface area contributed by atoms with E-state index in [2.05, 4.69) is 4.98 Å². The van der Waals surface area contributed by atoms with Gasteiger partial charge in [0.15, 0.2) is 5.13 Å². The van der Waals surface area contributed by atoms with Crippen molar-refractivity contribution in [2.45, 2.75) is 6.04 Å². The zero-order chi connectivity index (χ0) is 24.7. The van der Waals surface area contributed by atoms with E-state index in [1.807, 2.05) is 0 Å². The second kappa shape index (κ2) is 9.05. The number of hydrogen-bond donors (Lipinski definition) is 1. The predicted molar refractivity (Wildman–Crippen MR) is 135 cm³/mol. The third kappa shape index (κ3) is 4.00. The number of methoxy groups -OCH3 is 2. The number of aromatic nitrogens is 1. The highest BCUT2D eigenvalue weighted by Gasteiger charge is 2.48. The second-order valence-corrected chi connectivity index (χ2v) is 9.23. The molecule has 1 amide bonds. The molecule has 1 N–H and O–H groups in total. The minimum Gasteiger partial charge on any atom is -0.507 e. The van der Waals surface area contributed by atoms with Gasteiger partial charge in [-0.3, -0.25) is 14.5 Å². The molecular weight excluding hydrogens is 488 g/mol. The van der Waals surface area contributed by atoms with Gasteiger partial charge in [0.25, 0.3) is 5.78 Å². The van der Waals surface area contributed by atoms with Crippen LogP contribution in [0.4, 0.5) is 5.13 Å². The van der Waals surface area contributed by atoms with Crippen LogP contribution in [0.25, 0.3) is 16.0 Å². The molecule has 0 aliphatic carbocycles. The second-order valence-electron chi connectivity index (χ2n) is 7.78. The van der Waals surface area contributed by atoms with Gasteiger partial charge in [-0.25, -0.2) is 4.98 Å². The standard InChI is InChI=1S/C26H19ClN2O5S/c1-33-17-9-6-14(7-10-17)23(30)21-22(15-4-3-5-18(12-15)34-2)29(25(32)24(21)31)26-28-19-11-8-16(27)13-20(19)35-26/h3-13,22,30H,1-2H3. The third-order valence-electron chi connectivity index (χ3n) is 5.76. The first-order chi connectivity index (χ1) is 16.9. The van der Waals surface area contributed by atoms with E-state index in [0.29, 0.717) is 38.3 Å². The minimum atomic E-state index is -0.914. The van der Waals surface area contributed by atoms with Crippen molar-refractivity contribution >= 4 is 55.7 Å². The van der Waals surface area contributed by atoms with Crippen LogP contribution in [0.5, 0.6) is 11.5 Å². The number of fused-ring (bicyclic) bond motifs is 1. The van der Waals surface area contributed by atoms with E-state index in [1.54, 1.807) is 66.7 Å². The summed E-state index contributed by atoms with van der Waals surface area (Å²) in [6.07, 6.45) is 0. The number of thiazole rings is 1. The Balaban J connectivity index is 1.72. The van der Waals surface area contributed by atoms with Gasteiger partial charge in [0.2, 0.25) is 0 Å². The number of carbonyl (C=O) groups is 2. The Morgan fingerprint density at radius 2 is 1.74 bits per heavy atom. The maximum atomic E-state index is 13.4. The van der Waals surface area contributed by atoms with Crippen molar-refractivity contribution in [3.63, 3.8) is 0 Å². The van der Waals surface area contributed by atoms with Crippen LogP contribution in [0.2, 0.25) is 5.02 Å². The highest BCUT2D eigenvalue weighted by atomic mass is 35.5. The Morgan fingerprint density at radius 3 is 2.46 bits per heavy atom. The first-order valence-corrected chi connectivity index (χ1v) is 11.8. The molecule has 7 nitrogen and oxygen atoms in total. The van der Waals surface area contributed by atoms with Gasteiger partial charge in [0.1, 0.15) is 17.3 Å². The van der Waals surface area contributed by atoms with Crippen LogP contribution in [0.1, 0.15) is 17.2 Å². The van der Waals surface area contributed by atoms with E-state index in [0.717, 1.165) is 4.70 Å². The van der Waals surface area contributed by atoms with Crippen LogP contribution in [0.15, 0.2) is 72.3 Å². The molecule has 35 heavy (non-hydrogen) atoms. The van der Waals surface area contributed by atoms with Gasteiger partial charge in [0.05, 0.1) is 36.1 Å². The number of aliphatic hydroxyl groups excluding tert-OH is 1. The molecule has 0 bridgehead atoms. The van der Waals surface area contributed by atoms with E-state index in [9.17, 15) is 14.7 Å². The molecular formula is C26H19ClN2O5S. The summed E-state index contributed by atoms with van der Waals surface area (Å²) in [5.74, 6) is -0.722. The Bertz CT molecular complexity index is 1500. The Labute approximate surface area is 209 Å². The van der Waals surface area contributed by atoms with E-state index < -0.39 is 17.7 Å². The SMILES string of the molecule is COc1ccc(C(O)=C2C(=O)C(=O)N(c3nc4ccc(Cl)cc4s3)C2c2cccc(OC)c2)cc1. The molecule has 1 unspecified atom stereocenters. The summed E-state index contributed by atoms with van der Waals surface area (Å²) in [5, 5.41) is 12.1. The van der Waals surface area contributed by atoms with Crippen molar-refractivity contribution in [1.82, 2.24) is 4.98 Å². The van der Waals surface area contributed by atoms with Crippen molar-refractivity contribution in [3.05, 3.63) is 88.5 Å². The van der Waals surface area contributed by atoms with E-state index in [4.69, 9.17) is 21.1 Å². The largest absolute Gasteiger partial charge is 0.507 e. The molecule has 5 rings (SSSR count). The van der Waals surface area contributed by atoms with Gasteiger partial charge in [-0.1, -0.05) is 35.1 Å². The zero-order valence-corrected chi connectivity index (χ0v) is 20.3. The van der Waals surface area contributed by atoms with Crippen molar-refractivity contribution in [2.75, 3.05) is 19.1 Å². The summed E-state index contributed by atoms with van der Waals surface area (Å²) in [4.78, 5) is 32.6. The lowest BCUT2D eigenvalue weighted by Crippen LogP contribution is -2.29. The fourth-order valence-corrected chi connectivity index (χ4v) is 5.32. The summed E-state index contributed by atoms with van der Waals surface area (Å²) in [5.41, 5.74) is 1.59. The zero-order valence-electron chi connectivity index (χ0n) is 18.7. The van der Waals surface area contributed by atoms with Gasteiger partial charge in [-0.15, -0.1) is 0 Å². The summed E-state index contributed by atoms with van der Waals surface area (Å²) >= 11 is 7.38. The number of amides is 1. The fourth-order valence-electron chi connectivity index (χ4n) is 4.05. The molecule has 2 heterocycles. The molecule has 3 aromatic carbocycles. The lowest BCUT2D eigenvalue weighted by molar-refractivity contribution is -0.132. The minimum absolute atomic E-state index is 0.0364. The topological polar surface area (TPSA) is 89.0 Å². The molecule has 1 aliphatic rings. The van der Waals surface area contributed by atoms with Crippen LogP contribution in [-0.2, 0) is 9.59 Å². The lowest BCUT2D eigenvalue weighted by Gasteiger charge is -2.23. The summed E-state index contributed by atoms with van der Waals surface area (Å²) < 4.78 is 11.3. The van der Waals surface area contributed by atoms with Gasteiger partial charge < -0.3 is 14.6 Å². The molecule has 9 heteroatoms. The normalized spacial score (nSPS) is 17.2. The van der Waals surface area contributed by atoms with Crippen molar-refractivity contribution in [1.29, 1.82) is 0 Å². The fraction of sp³-hybridized carbons (Fsp3) is 0.115. The van der Waals surface area contributed by atoms with Crippen LogP contribution in [0, 0.1) is 0 Å². The van der Waals surface area contributed by atoms with E-state index >= 15 is 0 Å². The Kier molecular flexibility index (Phi) is 5.92. The number of aliphatic hydroxyl groups is 1. The number of carbonyl (C=O) groups excluding carboxylic acids is 2. The molecule has 176 valence electrons. The summed E-state index contributed by atoms with van der Waals surface area (Å²) in [6, 6.07) is 17.9. The molecule has 1 aromatic heterocycles. The number of hydrogen-bond acceptors (Lipinski definition) is 7. The van der Waals surface area contributed by atoms with Crippen LogP contribution in [-0.4, -0.2) is 36.0 Å². The van der Waals surface area contributed by atoms with Gasteiger partial charge in [-0.05, 0) is 60.2 Å². The quantitative estimate of drug-likeness (QED) is 0.215. The number of benzene rings is 3. The molecule has 1 aliphatic heterocycles. The lowest BCUT2D eigenvalue weighted by atomic mass is 9.95. The number of ketones is 1. The van der Waals surface area contributed by atoms with Crippen molar-refractivity contribution in [2.24, 2.45) is 0 Å². The van der Waals surface area contributed by atoms with E-state index in [1.165, 1.54) is 30.5 Å². The van der Waals surface area contributed by atoms with E-state index in [-0.39, 0.29) is 11.3 Å². The molecule has 1 saturated heterocycles. The molecule has 0 saturated carbocycles. The number of ether oxygens (including phenoxy) is 2. The molecule has 1 fully saturated rings. The van der Waals surface area contributed by atoms with Gasteiger partial charge in [-0.2, -0.15) is 0 Å². The third-order valence-corrected chi connectivity index (χ3v) is 7.02. The van der Waals surface area contributed by atoms with Gasteiger partial charge >= 0.3 is 5.91 Å². The predicted octanol–water partition coefficient (Wildman–Crippen LogP) is 5.59. The number of halogens is 1. The van der Waals surface area contributed by atoms with Crippen LogP contribution in [0.3, 0.4) is 0 Å². The average Bonchev–Trinajstić information content (AvgIpc) is 3.41. The maximum Gasteiger partial charge on any atom is 0.301 e. The van der Waals surface area contributed by atoms with Gasteiger partial charge in [0, 0.05) is 10.6 Å². The summed E-state index contributed by atoms with van der Waals surface area (Å²) in [6.45, 7) is 0. The maximum absolute atomic E-state index is 13.4. The molecule has 1 atom stereocenters. The molecule has 0 radical (unpaired) electrons. The first-order valence-electron chi connectivity index (χ1n) is 10.6. The number of anilines is 1. The smallest absolute Gasteiger partial charge is 0.301 e. The molecule has 4 aromatic rings. The highest BCUT2D eigenvalue weighted by Crippen LogP contribution is 2.45. The Morgan fingerprint density at radius 1 is 1.00 bits per heavy atom. The number of nitrogens with zero attached hydrogens (tertiary/aromatic N) is 2. The van der Waals surface area contributed by atoms with Crippen molar-refractivity contribution in [3.8, 4) is 11.5 Å². The van der Waals surface area contributed by atoms with Crippen molar-refractivity contribution < 1.29 is 24.2 Å². The number of Topliss-reactive ketones (excluding diaryl/α,β-unsaturated/α-hetero) is 1. The monoisotopic (exact) mass is 506 g/mol. The van der Waals surface area contributed by atoms with Crippen LogP contribution >= 0.6 is 22.9 Å². The number of rotatable bonds is 5. The Hall–Kier alpha value is -3.88. The summed E-state index contributed by atoms with van der Waals surface area (Å²) in [7, 11) is 3.07. The first kappa shape index (κ1) is 22.9.